The first kappa shape index (κ1) is 43.9. The third-order valence-electron chi connectivity index (χ3n) is 3.09. The summed E-state index contributed by atoms with van der Waals surface area (Å²) in [5, 5.41) is 68.1. The Hall–Kier alpha value is -2.14. The standard InChI is InChI=1S/C6H6N2O.2C5H10O5.2H3O4P/c7-6(9)5-2-1-3-8-4-5;2*6-1-3(8)5(10)4(9)2-7;2*1-5(2,3)4/h1-4H,(H2,7,9);2*1,3-5,7-10H,2H2;2*(H3,1,2,3,4)/t;2*3-,4+,5-;;/m.00../s1. The van der Waals surface area contributed by atoms with Gasteiger partial charge in [0, 0.05) is 12.4 Å². The molecule has 0 aliphatic rings. The Bertz CT molecular complexity index is 804. The smallest absolute Gasteiger partial charge is 0.394 e. The predicted molar refractivity (Wildman–Crippen MR) is 124 cm³/mol. The highest BCUT2D eigenvalue weighted by molar-refractivity contribution is 7.45. The maximum atomic E-state index is 10.4. The molecule has 0 aliphatic carbocycles. The number of rotatable bonds is 9. The van der Waals surface area contributed by atoms with Crippen molar-refractivity contribution < 1.29 is 93.7 Å². The maximum absolute atomic E-state index is 10.4. The Kier molecular flexibility index (Phi) is 26.7. The quantitative estimate of drug-likeness (QED) is 0.0902. The second kappa shape index (κ2) is 23.7. The number of amides is 1. The molecule has 230 valence electrons. The van der Waals surface area contributed by atoms with E-state index in [1.54, 1.807) is 18.3 Å². The molecule has 0 saturated heterocycles. The SMILES string of the molecule is NC(=O)c1cccnc1.O=C[C@H](O)[C@H](O)[C@H](O)CO.O=C[C@H](O)[C@H](O)[C@H](O)CO.O=P(O)(O)O.O=P(O)(O)O. The molecule has 0 spiro atoms. The number of nitrogens with zero attached hydrogens (tertiary/aromatic N) is 1. The van der Waals surface area contributed by atoms with Gasteiger partial charge in [-0.25, -0.2) is 9.13 Å². The lowest BCUT2D eigenvalue weighted by molar-refractivity contribution is -0.128. The lowest BCUT2D eigenvalue weighted by Crippen LogP contribution is -2.40. The number of aliphatic hydroxyl groups excluding tert-OH is 8. The van der Waals surface area contributed by atoms with Gasteiger partial charge in [-0.3, -0.25) is 9.78 Å². The molecular formula is C16H32N2O19P2. The highest BCUT2D eigenvalue weighted by Gasteiger charge is 2.23. The van der Waals surface area contributed by atoms with Gasteiger partial charge >= 0.3 is 15.6 Å². The molecule has 1 rings (SSSR count). The van der Waals surface area contributed by atoms with E-state index in [0.717, 1.165) is 0 Å². The number of hydrogen-bond acceptors (Lipinski definition) is 14. The van der Waals surface area contributed by atoms with E-state index in [-0.39, 0.29) is 12.6 Å². The number of aromatic nitrogens is 1. The largest absolute Gasteiger partial charge is 0.466 e. The fourth-order valence-electron chi connectivity index (χ4n) is 1.34. The molecule has 0 saturated carbocycles. The number of hydrogen-bond donors (Lipinski definition) is 15. The van der Waals surface area contributed by atoms with Gasteiger partial charge in [0.1, 0.15) is 36.6 Å². The van der Waals surface area contributed by atoms with Gasteiger partial charge in [0.25, 0.3) is 0 Å². The summed E-state index contributed by atoms with van der Waals surface area (Å²) >= 11 is 0. The number of nitrogens with two attached hydrogens (primary N) is 1. The summed E-state index contributed by atoms with van der Waals surface area (Å²) in [4.78, 5) is 76.7. The fraction of sp³-hybridized carbons (Fsp3) is 0.500. The number of primary amides is 1. The van der Waals surface area contributed by atoms with Crippen LogP contribution >= 0.6 is 15.6 Å². The summed E-state index contributed by atoms with van der Waals surface area (Å²) in [6, 6.07) is 3.29. The van der Waals surface area contributed by atoms with E-state index in [1.165, 1.54) is 6.20 Å². The average Bonchev–Trinajstić information content (AvgIpc) is 2.85. The van der Waals surface area contributed by atoms with E-state index in [0.29, 0.717) is 5.56 Å². The molecule has 0 aliphatic heterocycles. The van der Waals surface area contributed by atoms with Gasteiger partial charge in [0.05, 0.1) is 18.8 Å². The van der Waals surface area contributed by atoms with Crippen LogP contribution in [0.1, 0.15) is 10.4 Å². The molecule has 6 atom stereocenters. The minimum Gasteiger partial charge on any atom is -0.394 e. The van der Waals surface area contributed by atoms with Gasteiger partial charge in [-0.05, 0) is 12.1 Å². The summed E-state index contributed by atoms with van der Waals surface area (Å²) in [5.74, 6) is -0.442. The van der Waals surface area contributed by atoms with E-state index in [1.807, 2.05) is 0 Å². The minimum atomic E-state index is -4.64. The molecule has 23 heteroatoms. The summed E-state index contributed by atoms with van der Waals surface area (Å²) in [5.41, 5.74) is 5.38. The molecule has 16 N–H and O–H groups in total. The molecule has 39 heavy (non-hydrogen) atoms. The number of pyridine rings is 1. The number of phosphoric acid groups is 2. The van der Waals surface area contributed by atoms with Gasteiger partial charge in [-0.1, -0.05) is 0 Å². The summed E-state index contributed by atoms with van der Waals surface area (Å²) in [7, 11) is -9.28. The Balaban J connectivity index is -0.000000202. The lowest BCUT2D eigenvalue weighted by atomic mass is 10.1. The van der Waals surface area contributed by atoms with E-state index >= 15 is 0 Å². The summed E-state index contributed by atoms with van der Waals surface area (Å²) in [6.45, 7) is -1.38. The van der Waals surface area contributed by atoms with Crippen LogP contribution in [0, 0.1) is 0 Å². The Morgan fingerprint density at radius 3 is 1.26 bits per heavy atom. The van der Waals surface area contributed by atoms with Crippen LogP contribution in [0.3, 0.4) is 0 Å². The molecule has 0 unspecified atom stereocenters. The van der Waals surface area contributed by atoms with Crippen molar-refractivity contribution in [3.05, 3.63) is 30.1 Å². The number of aldehydes is 2. The zero-order valence-electron chi connectivity index (χ0n) is 19.6. The molecule has 1 aromatic rings. The molecule has 0 bridgehead atoms. The second-order valence-electron chi connectivity index (χ2n) is 6.37. The van der Waals surface area contributed by atoms with Crippen molar-refractivity contribution in [2.24, 2.45) is 5.73 Å². The number of carbonyl (C=O) groups is 3. The Morgan fingerprint density at radius 1 is 0.795 bits per heavy atom. The fourth-order valence-corrected chi connectivity index (χ4v) is 1.34. The zero-order valence-corrected chi connectivity index (χ0v) is 21.4. The van der Waals surface area contributed by atoms with Crippen LogP contribution in [0.15, 0.2) is 24.5 Å². The highest BCUT2D eigenvalue weighted by Crippen LogP contribution is 2.26. The van der Waals surface area contributed by atoms with Crippen molar-refractivity contribution in [3.63, 3.8) is 0 Å². The van der Waals surface area contributed by atoms with E-state index < -0.39 is 71.4 Å². The number of carbonyl (C=O) groups excluding carboxylic acids is 3. The molecule has 0 radical (unpaired) electrons. The summed E-state index contributed by atoms with van der Waals surface area (Å²) in [6.07, 6.45) is -6.24. The highest BCUT2D eigenvalue weighted by atomic mass is 31.2. The molecular weight excluding hydrogens is 586 g/mol. The van der Waals surface area contributed by atoms with Gasteiger partial charge < -0.3 is 85.5 Å². The molecule has 1 amide bonds. The van der Waals surface area contributed by atoms with Crippen LogP contribution in [-0.2, 0) is 18.7 Å². The third-order valence-corrected chi connectivity index (χ3v) is 3.09. The molecule has 0 aromatic carbocycles. The molecule has 21 nitrogen and oxygen atoms in total. The van der Waals surface area contributed by atoms with Crippen LogP contribution in [0.4, 0.5) is 0 Å². The Morgan fingerprint density at radius 2 is 1.10 bits per heavy atom. The van der Waals surface area contributed by atoms with Crippen LogP contribution in [0.2, 0.25) is 0 Å². The van der Waals surface area contributed by atoms with Crippen molar-refractivity contribution in [2.45, 2.75) is 36.6 Å². The van der Waals surface area contributed by atoms with Gasteiger partial charge in [0.2, 0.25) is 5.91 Å². The first-order valence-electron chi connectivity index (χ1n) is 9.54. The first-order valence-corrected chi connectivity index (χ1v) is 12.7. The first-order chi connectivity index (χ1) is 17.6. The Labute approximate surface area is 219 Å². The van der Waals surface area contributed by atoms with Crippen molar-refractivity contribution in [3.8, 4) is 0 Å². The van der Waals surface area contributed by atoms with Gasteiger partial charge in [-0.15, -0.1) is 0 Å². The van der Waals surface area contributed by atoms with Crippen molar-refractivity contribution >= 4 is 34.1 Å². The molecule has 1 heterocycles. The third kappa shape index (κ3) is 35.9. The normalized spacial score (nSPS) is 15.1. The van der Waals surface area contributed by atoms with Crippen LogP contribution in [-0.4, -0.2) is 144 Å². The molecule has 1 aromatic heterocycles. The van der Waals surface area contributed by atoms with Crippen LogP contribution < -0.4 is 5.73 Å². The van der Waals surface area contributed by atoms with E-state index in [9.17, 15) is 14.4 Å². The van der Waals surface area contributed by atoms with Crippen molar-refractivity contribution in [1.82, 2.24) is 4.98 Å². The van der Waals surface area contributed by atoms with E-state index in [2.05, 4.69) is 4.98 Å². The van der Waals surface area contributed by atoms with E-state index in [4.69, 9.17) is 85.1 Å². The van der Waals surface area contributed by atoms with Crippen molar-refractivity contribution in [1.29, 1.82) is 0 Å². The minimum absolute atomic E-state index is 0.0869. The second-order valence-corrected chi connectivity index (χ2v) is 8.42. The zero-order chi connectivity index (χ0) is 32.0. The van der Waals surface area contributed by atoms with Gasteiger partial charge in [0.15, 0.2) is 12.6 Å². The maximum Gasteiger partial charge on any atom is 0.466 e. The average molecular weight is 618 g/mol. The van der Waals surface area contributed by atoms with Crippen LogP contribution in [0.5, 0.6) is 0 Å². The lowest BCUT2D eigenvalue weighted by Gasteiger charge is -2.16. The van der Waals surface area contributed by atoms with Crippen LogP contribution in [0.25, 0.3) is 0 Å². The topological polar surface area (TPSA) is 407 Å². The van der Waals surface area contributed by atoms with Gasteiger partial charge in [-0.2, -0.15) is 0 Å². The number of aliphatic hydroxyl groups is 8. The summed E-state index contributed by atoms with van der Waals surface area (Å²) < 4.78 is 17.8. The molecule has 0 fully saturated rings. The van der Waals surface area contributed by atoms with Crippen molar-refractivity contribution in [2.75, 3.05) is 13.2 Å². The monoisotopic (exact) mass is 618 g/mol. The predicted octanol–water partition coefficient (Wildman–Crippen LogP) is -7.16.